The third kappa shape index (κ3) is 2.78. The molecule has 0 aliphatic rings. The lowest BCUT2D eigenvalue weighted by atomic mass is 10.4. The number of hydrogen-bond donors (Lipinski definition) is 1. The third-order valence-corrected chi connectivity index (χ3v) is 1.32. The number of aryl methyl sites for hydroxylation is 1. The standard InChI is InChI=1S/C7H9NO2.C2H6/c1-2-8-4-3-6(9)7(10)5-8;1-2/h3-5,10H,2H2,1H3;1-2H3. The summed E-state index contributed by atoms with van der Waals surface area (Å²) in [6.45, 7) is 6.69. The maximum absolute atomic E-state index is 10.6. The molecule has 0 saturated heterocycles. The molecule has 1 rings (SSSR count). The molecular weight excluding hydrogens is 154 g/mol. The topological polar surface area (TPSA) is 42.2 Å². The van der Waals surface area contributed by atoms with Gasteiger partial charge in [0.15, 0.2) is 5.75 Å². The molecule has 1 N–H and O–H groups in total. The summed E-state index contributed by atoms with van der Waals surface area (Å²) in [4.78, 5) is 10.6. The quantitative estimate of drug-likeness (QED) is 0.693. The van der Waals surface area contributed by atoms with E-state index in [1.165, 1.54) is 12.3 Å². The fourth-order valence-corrected chi connectivity index (χ4v) is 0.709. The molecule has 0 aliphatic carbocycles. The Morgan fingerprint density at radius 3 is 2.50 bits per heavy atom. The van der Waals surface area contributed by atoms with Crippen molar-refractivity contribution >= 4 is 0 Å². The van der Waals surface area contributed by atoms with Gasteiger partial charge in [-0.3, -0.25) is 4.79 Å². The number of aromatic hydroxyl groups is 1. The van der Waals surface area contributed by atoms with Crippen LogP contribution >= 0.6 is 0 Å². The number of pyridine rings is 1. The van der Waals surface area contributed by atoms with Crippen molar-refractivity contribution in [2.75, 3.05) is 0 Å². The minimum absolute atomic E-state index is 0.190. The van der Waals surface area contributed by atoms with E-state index in [9.17, 15) is 4.79 Å². The minimum atomic E-state index is -0.329. The molecule has 1 aromatic rings. The zero-order chi connectivity index (χ0) is 9.56. The predicted molar refractivity (Wildman–Crippen MR) is 49.4 cm³/mol. The Labute approximate surface area is 72.3 Å². The molecule has 0 fully saturated rings. The van der Waals surface area contributed by atoms with Gasteiger partial charge in [0.1, 0.15) is 0 Å². The van der Waals surface area contributed by atoms with E-state index < -0.39 is 0 Å². The van der Waals surface area contributed by atoms with Crippen LogP contribution in [0.3, 0.4) is 0 Å². The highest BCUT2D eigenvalue weighted by Crippen LogP contribution is 1.97. The van der Waals surface area contributed by atoms with Gasteiger partial charge < -0.3 is 9.67 Å². The number of nitrogens with zero attached hydrogens (tertiary/aromatic N) is 1. The molecule has 0 atom stereocenters. The van der Waals surface area contributed by atoms with Gasteiger partial charge >= 0.3 is 0 Å². The largest absolute Gasteiger partial charge is 0.503 e. The summed E-state index contributed by atoms with van der Waals surface area (Å²) in [5.74, 6) is -0.190. The Hall–Kier alpha value is -1.25. The van der Waals surface area contributed by atoms with Crippen molar-refractivity contribution in [3.8, 4) is 5.75 Å². The summed E-state index contributed by atoms with van der Waals surface area (Å²) >= 11 is 0. The van der Waals surface area contributed by atoms with Gasteiger partial charge in [0, 0.05) is 25.0 Å². The van der Waals surface area contributed by atoms with Crippen molar-refractivity contribution in [2.45, 2.75) is 27.3 Å². The van der Waals surface area contributed by atoms with Crippen molar-refractivity contribution in [3.05, 3.63) is 28.7 Å². The van der Waals surface area contributed by atoms with E-state index in [0.29, 0.717) is 0 Å². The predicted octanol–water partition coefficient (Wildman–Crippen LogP) is 1.60. The second-order valence-corrected chi connectivity index (χ2v) is 2.02. The summed E-state index contributed by atoms with van der Waals surface area (Å²) in [6, 6.07) is 1.35. The van der Waals surface area contributed by atoms with Crippen LogP contribution in [0, 0.1) is 0 Å². The first-order valence-corrected chi connectivity index (χ1v) is 4.13. The van der Waals surface area contributed by atoms with Crippen molar-refractivity contribution in [3.63, 3.8) is 0 Å². The second kappa shape index (κ2) is 5.41. The van der Waals surface area contributed by atoms with E-state index in [0.717, 1.165) is 6.54 Å². The van der Waals surface area contributed by atoms with Gasteiger partial charge in [0.2, 0.25) is 5.43 Å². The summed E-state index contributed by atoms with van der Waals surface area (Å²) in [7, 11) is 0. The van der Waals surface area contributed by atoms with Crippen LogP contribution in [0.4, 0.5) is 0 Å². The van der Waals surface area contributed by atoms with Crippen molar-refractivity contribution in [1.29, 1.82) is 0 Å². The Balaban J connectivity index is 0.000000561. The Morgan fingerprint density at radius 2 is 2.08 bits per heavy atom. The van der Waals surface area contributed by atoms with Crippen LogP contribution < -0.4 is 5.43 Å². The Morgan fingerprint density at radius 1 is 1.50 bits per heavy atom. The second-order valence-electron chi connectivity index (χ2n) is 2.02. The maximum Gasteiger partial charge on any atom is 0.223 e. The zero-order valence-electron chi connectivity index (χ0n) is 7.74. The molecular formula is C9H15NO2. The van der Waals surface area contributed by atoms with E-state index >= 15 is 0 Å². The van der Waals surface area contributed by atoms with Gasteiger partial charge in [0.05, 0.1) is 0 Å². The smallest absolute Gasteiger partial charge is 0.223 e. The first-order chi connectivity index (χ1) is 5.74. The average Bonchev–Trinajstić information content (AvgIpc) is 2.13. The average molecular weight is 169 g/mol. The number of aromatic nitrogens is 1. The highest BCUT2D eigenvalue weighted by molar-refractivity contribution is 5.14. The van der Waals surface area contributed by atoms with E-state index in [-0.39, 0.29) is 11.2 Å². The third-order valence-electron chi connectivity index (χ3n) is 1.32. The number of hydrogen-bond acceptors (Lipinski definition) is 2. The van der Waals surface area contributed by atoms with Crippen LogP contribution in [0.5, 0.6) is 5.75 Å². The highest BCUT2D eigenvalue weighted by atomic mass is 16.3. The molecule has 0 aliphatic heterocycles. The van der Waals surface area contributed by atoms with Crippen LogP contribution in [0.15, 0.2) is 23.3 Å². The fraction of sp³-hybridized carbons (Fsp3) is 0.444. The molecule has 0 amide bonds. The molecule has 0 aromatic carbocycles. The molecule has 1 heterocycles. The Bertz CT molecular complexity index is 278. The fourth-order valence-electron chi connectivity index (χ4n) is 0.709. The molecule has 1 aromatic heterocycles. The van der Waals surface area contributed by atoms with Crippen LogP contribution in [0.25, 0.3) is 0 Å². The summed E-state index contributed by atoms with van der Waals surface area (Å²) < 4.78 is 1.73. The molecule has 3 nitrogen and oxygen atoms in total. The lowest BCUT2D eigenvalue weighted by molar-refractivity contribution is 0.461. The maximum atomic E-state index is 10.6. The van der Waals surface area contributed by atoms with Gasteiger partial charge in [-0.2, -0.15) is 0 Å². The lowest BCUT2D eigenvalue weighted by Crippen LogP contribution is -2.03. The van der Waals surface area contributed by atoms with Crippen LogP contribution in [0.2, 0.25) is 0 Å². The molecule has 68 valence electrons. The minimum Gasteiger partial charge on any atom is -0.503 e. The summed E-state index contributed by atoms with van der Waals surface area (Å²) in [5.41, 5.74) is -0.329. The van der Waals surface area contributed by atoms with Crippen LogP contribution in [-0.4, -0.2) is 9.67 Å². The van der Waals surface area contributed by atoms with E-state index in [1.54, 1.807) is 10.8 Å². The van der Waals surface area contributed by atoms with E-state index in [2.05, 4.69) is 0 Å². The van der Waals surface area contributed by atoms with Crippen molar-refractivity contribution in [2.24, 2.45) is 0 Å². The SMILES string of the molecule is CC.CCn1ccc(=O)c(O)c1. The lowest BCUT2D eigenvalue weighted by Gasteiger charge is -1.99. The Kier molecular flexibility index (Phi) is 4.84. The summed E-state index contributed by atoms with van der Waals surface area (Å²) in [6.07, 6.45) is 3.06. The van der Waals surface area contributed by atoms with E-state index in [4.69, 9.17) is 5.11 Å². The summed E-state index contributed by atoms with van der Waals surface area (Å²) in [5, 5.41) is 8.90. The van der Waals surface area contributed by atoms with Crippen molar-refractivity contribution < 1.29 is 5.11 Å². The molecule has 0 spiro atoms. The van der Waals surface area contributed by atoms with Crippen molar-refractivity contribution in [1.82, 2.24) is 4.57 Å². The van der Waals surface area contributed by atoms with Gasteiger partial charge in [0.25, 0.3) is 0 Å². The molecule has 3 heteroatoms. The van der Waals surface area contributed by atoms with Crippen LogP contribution in [-0.2, 0) is 6.54 Å². The first kappa shape index (κ1) is 10.8. The van der Waals surface area contributed by atoms with Crippen LogP contribution in [0.1, 0.15) is 20.8 Å². The van der Waals surface area contributed by atoms with E-state index in [1.807, 2.05) is 20.8 Å². The molecule has 0 radical (unpaired) electrons. The van der Waals surface area contributed by atoms with Gasteiger partial charge in [-0.15, -0.1) is 0 Å². The van der Waals surface area contributed by atoms with Gasteiger partial charge in [-0.25, -0.2) is 0 Å². The molecule has 0 saturated carbocycles. The number of rotatable bonds is 1. The highest BCUT2D eigenvalue weighted by Gasteiger charge is 1.93. The van der Waals surface area contributed by atoms with Gasteiger partial charge in [-0.05, 0) is 6.92 Å². The normalized spacial score (nSPS) is 8.58. The molecule has 12 heavy (non-hydrogen) atoms. The van der Waals surface area contributed by atoms with Gasteiger partial charge in [-0.1, -0.05) is 13.8 Å². The monoisotopic (exact) mass is 169 g/mol. The zero-order valence-corrected chi connectivity index (χ0v) is 7.74. The first-order valence-electron chi connectivity index (χ1n) is 4.13. The molecule has 0 unspecified atom stereocenters. The molecule has 0 bridgehead atoms.